The van der Waals surface area contributed by atoms with Gasteiger partial charge >= 0.3 is 0 Å². The highest BCUT2D eigenvalue weighted by atomic mass is 35.5. The van der Waals surface area contributed by atoms with Crippen LogP contribution >= 0.6 is 11.6 Å². The van der Waals surface area contributed by atoms with Crippen LogP contribution in [-0.4, -0.2) is 16.9 Å². The maximum absolute atomic E-state index is 13.0. The highest BCUT2D eigenvalue weighted by Gasteiger charge is 2.03. The molecule has 82 valence electrons. The van der Waals surface area contributed by atoms with Crippen LogP contribution in [0.3, 0.4) is 0 Å². The van der Waals surface area contributed by atoms with Gasteiger partial charge in [0.15, 0.2) is 0 Å². The fraction of sp³-hybridized carbons (Fsp3) is 0.300. The van der Waals surface area contributed by atoms with Gasteiger partial charge in [-0.2, -0.15) is 0 Å². The summed E-state index contributed by atoms with van der Waals surface area (Å²) in [5.41, 5.74) is 0.937. The van der Waals surface area contributed by atoms with Crippen LogP contribution in [0.15, 0.2) is 18.2 Å². The monoisotopic (exact) mass is 231 g/mol. The first-order valence-electron chi connectivity index (χ1n) is 4.38. The Labute approximate surface area is 91.9 Å². The summed E-state index contributed by atoms with van der Waals surface area (Å²) in [6.07, 6.45) is 0. The van der Waals surface area contributed by atoms with Crippen LogP contribution in [0.25, 0.3) is 0 Å². The Hall–Kier alpha value is -1.13. The normalized spacial score (nSPS) is 10.1. The number of benzene rings is 1. The molecule has 0 atom stereocenters. The lowest BCUT2D eigenvalue weighted by Crippen LogP contribution is -2.23. The number of hydrogen-bond donors (Lipinski definition) is 2. The average molecular weight is 232 g/mol. The minimum atomic E-state index is -0.454. The van der Waals surface area contributed by atoms with E-state index in [0.29, 0.717) is 0 Å². The van der Waals surface area contributed by atoms with Gasteiger partial charge in [-0.3, -0.25) is 4.79 Å². The molecule has 1 aromatic carbocycles. The van der Waals surface area contributed by atoms with Gasteiger partial charge in [-0.25, -0.2) is 4.39 Å². The highest BCUT2D eigenvalue weighted by Crippen LogP contribution is 2.10. The molecule has 0 aliphatic heterocycles. The summed E-state index contributed by atoms with van der Waals surface area (Å²) in [5.74, 6) is -0.843. The van der Waals surface area contributed by atoms with Crippen molar-refractivity contribution in [2.45, 2.75) is 13.2 Å². The summed E-state index contributed by atoms with van der Waals surface area (Å²) >= 11 is 5.29. The van der Waals surface area contributed by atoms with Gasteiger partial charge in [0.25, 0.3) is 0 Å². The first kappa shape index (κ1) is 11.9. The van der Waals surface area contributed by atoms with Crippen LogP contribution in [0.1, 0.15) is 11.1 Å². The first-order chi connectivity index (χ1) is 7.17. The number of nitrogens with one attached hydrogen (secondary N) is 1. The number of amides is 1. The molecule has 1 rings (SSSR count). The molecule has 3 nitrogen and oxygen atoms in total. The zero-order valence-corrected chi connectivity index (χ0v) is 8.72. The third-order valence-corrected chi connectivity index (χ3v) is 2.13. The molecule has 15 heavy (non-hydrogen) atoms. The lowest BCUT2D eigenvalue weighted by atomic mass is 10.1. The molecule has 0 aliphatic rings. The summed E-state index contributed by atoms with van der Waals surface area (Å²) in [5, 5.41) is 11.4. The number of carbonyl (C=O) groups excluding carboxylic acids is 1. The molecule has 0 fully saturated rings. The Kier molecular flexibility index (Phi) is 4.52. The van der Waals surface area contributed by atoms with Crippen LogP contribution < -0.4 is 5.32 Å². The molecular formula is C10H11ClFNO2. The minimum absolute atomic E-state index is 0.103. The number of alkyl halides is 1. The second kappa shape index (κ2) is 5.68. The molecular weight excluding hydrogens is 221 g/mol. The number of hydrogen-bond acceptors (Lipinski definition) is 2. The van der Waals surface area contributed by atoms with E-state index in [2.05, 4.69) is 5.32 Å². The molecule has 0 aromatic heterocycles. The average Bonchev–Trinajstić information content (AvgIpc) is 2.27. The molecule has 1 amide bonds. The SMILES string of the molecule is O=C(CCl)NCc1ccc(F)c(CO)c1. The van der Waals surface area contributed by atoms with Gasteiger partial charge in [-0.15, -0.1) is 11.6 Å². The Morgan fingerprint density at radius 1 is 1.53 bits per heavy atom. The summed E-state index contributed by atoms with van der Waals surface area (Å²) in [6, 6.07) is 4.31. The van der Waals surface area contributed by atoms with Gasteiger partial charge in [0.05, 0.1) is 6.61 Å². The summed E-state index contributed by atoms with van der Waals surface area (Å²) in [4.78, 5) is 10.8. The van der Waals surface area contributed by atoms with Crippen molar-refractivity contribution in [1.82, 2.24) is 5.32 Å². The molecule has 5 heteroatoms. The molecule has 0 spiro atoms. The number of halogens is 2. The van der Waals surface area contributed by atoms with Crippen LogP contribution in [-0.2, 0) is 17.9 Å². The van der Waals surface area contributed by atoms with Crippen LogP contribution in [0.5, 0.6) is 0 Å². The van der Waals surface area contributed by atoms with Crippen molar-refractivity contribution in [2.24, 2.45) is 0 Å². The van der Waals surface area contributed by atoms with Crippen molar-refractivity contribution >= 4 is 17.5 Å². The Morgan fingerprint density at radius 2 is 2.27 bits per heavy atom. The zero-order valence-electron chi connectivity index (χ0n) is 7.96. The Bertz CT molecular complexity index is 357. The van der Waals surface area contributed by atoms with E-state index in [1.807, 2.05) is 0 Å². The van der Waals surface area contributed by atoms with Gasteiger partial charge in [0.2, 0.25) is 5.91 Å². The maximum Gasteiger partial charge on any atom is 0.235 e. The van der Waals surface area contributed by atoms with Gasteiger partial charge in [-0.05, 0) is 17.7 Å². The third kappa shape index (κ3) is 3.49. The summed E-state index contributed by atoms with van der Waals surface area (Å²) < 4.78 is 13.0. The fourth-order valence-corrected chi connectivity index (χ4v) is 1.20. The molecule has 2 N–H and O–H groups in total. The predicted octanol–water partition coefficient (Wildman–Crippen LogP) is 1.17. The highest BCUT2D eigenvalue weighted by molar-refractivity contribution is 6.27. The predicted molar refractivity (Wildman–Crippen MR) is 54.9 cm³/mol. The minimum Gasteiger partial charge on any atom is -0.392 e. The smallest absolute Gasteiger partial charge is 0.235 e. The molecule has 0 unspecified atom stereocenters. The molecule has 0 bridgehead atoms. The van der Waals surface area contributed by atoms with Crippen molar-refractivity contribution in [2.75, 3.05) is 5.88 Å². The van der Waals surface area contributed by atoms with Crippen molar-refractivity contribution in [3.8, 4) is 0 Å². The van der Waals surface area contributed by atoms with E-state index in [1.54, 1.807) is 6.07 Å². The topological polar surface area (TPSA) is 49.3 Å². The number of rotatable bonds is 4. The van der Waals surface area contributed by atoms with Gasteiger partial charge in [-0.1, -0.05) is 6.07 Å². The van der Waals surface area contributed by atoms with Crippen molar-refractivity contribution in [3.63, 3.8) is 0 Å². The largest absolute Gasteiger partial charge is 0.392 e. The van der Waals surface area contributed by atoms with E-state index in [9.17, 15) is 9.18 Å². The van der Waals surface area contributed by atoms with Crippen LogP contribution in [0, 0.1) is 5.82 Å². The standard InChI is InChI=1S/C10H11ClFNO2/c11-4-10(15)13-5-7-1-2-9(12)8(3-7)6-14/h1-3,14H,4-6H2,(H,13,15). The van der Waals surface area contributed by atoms with Gasteiger partial charge in [0.1, 0.15) is 11.7 Å². The van der Waals surface area contributed by atoms with Crippen LogP contribution in [0.4, 0.5) is 4.39 Å². The van der Waals surface area contributed by atoms with Gasteiger partial charge in [0, 0.05) is 12.1 Å². The molecule has 0 saturated heterocycles. The molecule has 0 saturated carbocycles. The number of aliphatic hydroxyl groups is 1. The second-order valence-corrected chi connectivity index (χ2v) is 3.26. The van der Waals surface area contributed by atoms with Crippen molar-refractivity contribution in [1.29, 1.82) is 0 Å². The third-order valence-electron chi connectivity index (χ3n) is 1.89. The van der Waals surface area contributed by atoms with Crippen molar-refractivity contribution < 1.29 is 14.3 Å². The first-order valence-corrected chi connectivity index (χ1v) is 4.91. The lowest BCUT2D eigenvalue weighted by molar-refractivity contribution is -0.118. The number of carbonyl (C=O) groups is 1. The quantitative estimate of drug-likeness (QED) is 0.765. The molecule has 1 aromatic rings. The molecule has 0 aliphatic carbocycles. The second-order valence-electron chi connectivity index (χ2n) is 2.99. The van der Waals surface area contributed by atoms with E-state index in [1.165, 1.54) is 12.1 Å². The van der Waals surface area contributed by atoms with E-state index < -0.39 is 5.82 Å². The number of aliphatic hydroxyl groups excluding tert-OH is 1. The Morgan fingerprint density at radius 3 is 2.87 bits per heavy atom. The van der Waals surface area contributed by atoms with Crippen molar-refractivity contribution in [3.05, 3.63) is 35.1 Å². The Balaban J connectivity index is 2.66. The van der Waals surface area contributed by atoms with E-state index in [0.717, 1.165) is 5.56 Å². The van der Waals surface area contributed by atoms with E-state index in [4.69, 9.17) is 16.7 Å². The fourth-order valence-electron chi connectivity index (χ4n) is 1.11. The summed E-state index contributed by atoms with van der Waals surface area (Å²) in [6.45, 7) is -0.0814. The zero-order chi connectivity index (χ0) is 11.3. The summed E-state index contributed by atoms with van der Waals surface area (Å²) in [7, 11) is 0. The van der Waals surface area contributed by atoms with E-state index >= 15 is 0 Å². The lowest BCUT2D eigenvalue weighted by Gasteiger charge is -2.05. The van der Waals surface area contributed by atoms with Gasteiger partial charge < -0.3 is 10.4 Å². The van der Waals surface area contributed by atoms with Crippen LogP contribution in [0.2, 0.25) is 0 Å². The molecule has 0 radical (unpaired) electrons. The van der Waals surface area contributed by atoms with E-state index in [-0.39, 0.29) is 30.5 Å². The molecule has 0 heterocycles. The maximum atomic E-state index is 13.0.